The molecule has 2 aromatic rings. The van der Waals surface area contributed by atoms with Gasteiger partial charge in [-0.15, -0.1) is 0 Å². The third-order valence-electron chi connectivity index (χ3n) is 2.79. The van der Waals surface area contributed by atoms with Gasteiger partial charge in [0.1, 0.15) is 6.10 Å². The molecule has 0 aliphatic carbocycles. The number of nitrogens with zero attached hydrogens (tertiary/aromatic N) is 2. The molecule has 1 aliphatic heterocycles. The zero-order valence-electron chi connectivity index (χ0n) is 10.2. The highest BCUT2D eigenvalue weighted by Crippen LogP contribution is 2.25. The second-order valence-corrected chi connectivity index (χ2v) is 4.18. The van der Waals surface area contributed by atoms with Crippen molar-refractivity contribution < 1.29 is 9.47 Å². The van der Waals surface area contributed by atoms with E-state index in [2.05, 4.69) is 15.3 Å². The van der Waals surface area contributed by atoms with Gasteiger partial charge in [-0.05, 0) is 19.1 Å². The lowest BCUT2D eigenvalue weighted by atomic mass is 10.2. The molecule has 5 nitrogen and oxygen atoms in total. The summed E-state index contributed by atoms with van der Waals surface area (Å²) in [5.41, 5.74) is 0.888. The van der Waals surface area contributed by atoms with Crippen LogP contribution in [0.1, 0.15) is 6.92 Å². The van der Waals surface area contributed by atoms with Crippen LogP contribution in [-0.4, -0.2) is 35.8 Å². The van der Waals surface area contributed by atoms with Crippen LogP contribution in [-0.2, 0) is 4.74 Å². The van der Waals surface area contributed by atoms with E-state index in [1.165, 1.54) is 0 Å². The largest absolute Gasteiger partial charge is 0.469 e. The molecule has 94 valence electrons. The Morgan fingerprint density at radius 3 is 2.89 bits per heavy atom. The van der Waals surface area contributed by atoms with Crippen LogP contribution in [0.15, 0.2) is 24.3 Å². The zero-order valence-corrected chi connectivity index (χ0v) is 10.2. The van der Waals surface area contributed by atoms with Crippen molar-refractivity contribution in [3.05, 3.63) is 24.3 Å². The van der Waals surface area contributed by atoms with E-state index in [0.29, 0.717) is 25.0 Å². The van der Waals surface area contributed by atoms with Gasteiger partial charge < -0.3 is 14.8 Å². The Kier molecular flexibility index (Phi) is 2.98. The Bertz CT molecular complexity index is 555. The monoisotopic (exact) mass is 245 g/mol. The highest BCUT2D eigenvalue weighted by molar-refractivity contribution is 5.84. The summed E-state index contributed by atoms with van der Waals surface area (Å²) < 4.78 is 10.9. The van der Waals surface area contributed by atoms with E-state index in [4.69, 9.17) is 9.47 Å². The zero-order chi connectivity index (χ0) is 12.4. The summed E-state index contributed by atoms with van der Waals surface area (Å²) in [6.07, 6.45) is 0.109. The van der Waals surface area contributed by atoms with Crippen molar-refractivity contribution in [2.45, 2.75) is 13.0 Å². The minimum Gasteiger partial charge on any atom is -0.469 e. The minimum atomic E-state index is 0.109. The van der Waals surface area contributed by atoms with E-state index in [9.17, 15) is 0 Å². The molecule has 1 aromatic heterocycles. The van der Waals surface area contributed by atoms with Gasteiger partial charge in [-0.2, -0.15) is 4.98 Å². The third-order valence-corrected chi connectivity index (χ3v) is 2.79. The first kappa shape index (κ1) is 11.2. The highest BCUT2D eigenvalue weighted by Gasteiger charge is 2.22. The van der Waals surface area contributed by atoms with Crippen molar-refractivity contribution in [1.82, 2.24) is 9.97 Å². The van der Waals surface area contributed by atoms with E-state index < -0.39 is 0 Å². The summed E-state index contributed by atoms with van der Waals surface area (Å²) in [6.45, 7) is 4.06. The maximum Gasteiger partial charge on any atom is 0.226 e. The molecule has 3 rings (SSSR count). The first-order chi connectivity index (χ1) is 8.86. The number of hydrogen-bond acceptors (Lipinski definition) is 5. The number of aromatic nitrogens is 2. The van der Waals surface area contributed by atoms with Gasteiger partial charge in [0.2, 0.25) is 11.8 Å². The van der Waals surface area contributed by atoms with Crippen molar-refractivity contribution in [3.8, 4) is 5.88 Å². The molecular weight excluding hydrogens is 230 g/mol. The molecule has 1 aliphatic rings. The predicted molar refractivity (Wildman–Crippen MR) is 68.9 cm³/mol. The standard InChI is InChI=1S/C13H15N3O2/c1-2-14-13-15-11-6-4-3-5-10(11)12(16-13)18-9-7-17-8-9/h3-6,9H,2,7-8H2,1H3,(H,14,15,16). The van der Waals surface area contributed by atoms with Crippen LogP contribution in [0.2, 0.25) is 0 Å². The molecule has 1 saturated heterocycles. The van der Waals surface area contributed by atoms with Crippen LogP contribution in [0.3, 0.4) is 0 Å². The van der Waals surface area contributed by atoms with Crippen molar-refractivity contribution in [3.63, 3.8) is 0 Å². The van der Waals surface area contributed by atoms with Gasteiger partial charge in [-0.3, -0.25) is 0 Å². The number of hydrogen-bond donors (Lipinski definition) is 1. The maximum absolute atomic E-state index is 5.83. The predicted octanol–water partition coefficient (Wildman–Crippen LogP) is 1.84. The molecule has 0 amide bonds. The molecule has 0 unspecified atom stereocenters. The molecule has 1 aromatic carbocycles. The van der Waals surface area contributed by atoms with Crippen molar-refractivity contribution in [2.24, 2.45) is 0 Å². The van der Waals surface area contributed by atoms with E-state index in [-0.39, 0.29) is 6.10 Å². The topological polar surface area (TPSA) is 56.3 Å². The summed E-state index contributed by atoms with van der Waals surface area (Å²) in [5.74, 6) is 1.23. The second kappa shape index (κ2) is 4.78. The fourth-order valence-corrected chi connectivity index (χ4v) is 1.81. The molecule has 5 heteroatoms. The fourth-order valence-electron chi connectivity index (χ4n) is 1.81. The summed E-state index contributed by atoms with van der Waals surface area (Å²) in [4.78, 5) is 8.86. The first-order valence-corrected chi connectivity index (χ1v) is 6.12. The smallest absolute Gasteiger partial charge is 0.226 e. The Balaban J connectivity index is 2.01. The molecule has 0 bridgehead atoms. The van der Waals surface area contributed by atoms with Crippen LogP contribution in [0.5, 0.6) is 5.88 Å². The second-order valence-electron chi connectivity index (χ2n) is 4.18. The molecule has 1 N–H and O–H groups in total. The lowest BCUT2D eigenvalue weighted by Gasteiger charge is -2.26. The molecule has 0 spiro atoms. The number of benzene rings is 1. The molecule has 0 saturated carbocycles. The Hall–Kier alpha value is -1.88. The van der Waals surface area contributed by atoms with Crippen LogP contribution < -0.4 is 10.1 Å². The Morgan fingerprint density at radius 2 is 2.17 bits per heavy atom. The molecular formula is C13H15N3O2. The van der Waals surface area contributed by atoms with Crippen molar-refractivity contribution in [1.29, 1.82) is 0 Å². The first-order valence-electron chi connectivity index (χ1n) is 6.12. The van der Waals surface area contributed by atoms with Crippen LogP contribution >= 0.6 is 0 Å². The van der Waals surface area contributed by atoms with Gasteiger partial charge in [0.25, 0.3) is 0 Å². The lowest BCUT2D eigenvalue weighted by Crippen LogP contribution is -2.38. The molecule has 0 atom stereocenters. The van der Waals surface area contributed by atoms with Gasteiger partial charge in [0.15, 0.2) is 0 Å². The van der Waals surface area contributed by atoms with Crippen LogP contribution in [0.4, 0.5) is 5.95 Å². The summed E-state index contributed by atoms with van der Waals surface area (Å²) in [7, 11) is 0. The van der Waals surface area contributed by atoms with E-state index in [0.717, 1.165) is 17.4 Å². The van der Waals surface area contributed by atoms with E-state index in [1.54, 1.807) is 0 Å². The Labute approximate surface area is 105 Å². The SMILES string of the molecule is CCNc1nc(OC2COC2)c2ccccc2n1. The summed E-state index contributed by atoms with van der Waals surface area (Å²) >= 11 is 0. The number of anilines is 1. The average Bonchev–Trinajstić information content (AvgIpc) is 2.34. The number of nitrogens with one attached hydrogen (secondary N) is 1. The van der Waals surface area contributed by atoms with Gasteiger partial charge in [0.05, 0.1) is 24.1 Å². The van der Waals surface area contributed by atoms with Crippen LogP contribution in [0.25, 0.3) is 10.9 Å². The fraction of sp³-hybridized carbons (Fsp3) is 0.385. The normalized spacial score (nSPS) is 15.4. The number of ether oxygens (including phenoxy) is 2. The number of rotatable bonds is 4. The van der Waals surface area contributed by atoms with Gasteiger partial charge in [0, 0.05) is 6.54 Å². The van der Waals surface area contributed by atoms with Gasteiger partial charge >= 0.3 is 0 Å². The average molecular weight is 245 g/mol. The molecule has 18 heavy (non-hydrogen) atoms. The molecule has 0 radical (unpaired) electrons. The summed E-state index contributed by atoms with van der Waals surface area (Å²) in [6, 6.07) is 7.85. The quantitative estimate of drug-likeness (QED) is 0.890. The minimum absolute atomic E-state index is 0.109. The molecule has 2 heterocycles. The maximum atomic E-state index is 5.83. The van der Waals surface area contributed by atoms with Gasteiger partial charge in [-0.1, -0.05) is 12.1 Å². The van der Waals surface area contributed by atoms with Crippen molar-refractivity contribution in [2.75, 3.05) is 25.1 Å². The van der Waals surface area contributed by atoms with Crippen molar-refractivity contribution >= 4 is 16.9 Å². The van der Waals surface area contributed by atoms with Gasteiger partial charge in [-0.25, -0.2) is 4.98 Å². The Morgan fingerprint density at radius 1 is 1.33 bits per heavy atom. The highest BCUT2D eigenvalue weighted by atomic mass is 16.6. The lowest BCUT2D eigenvalue weighted by molar-refractivity contribution is -0.0806. The van der Waals surface area contributed by atoms with Crippen LogP contribution in [0, 0.1) is 0 Å². The van der Waals surface area contributed by atoms with E-state index in [1.807, 2.05) is 31.2 Å². The summed E-state index contributed by atoms with van der Waals surface area (Å²) in [5, 5.41) is 4.05. The molecule has 1 fully saturated rings. The third kappa shape index (κ3) is 2.09. The number of fused-ring (bicyclic) bond motifs is 1. The van der Waals surface area contributed by atoms with E-state index >= 15 is 0 Å². The number of para-hydroxylation sites is 1.